The zero-order chi connectivity index (χ0) is 25.1. The lowest BCUT2D eigenvalue weighted by Gasteiger charge is -2.21. The third kappa shape index (κ3) is 4.50. The lowest BCUT2D eigenvalue weighted by atomic mass is 9.83. The summed E-state index contributed by atoms with van der Waals surface area (Å²) in [6, 6.07) is 15.8. The van der Waals surface area contributed by atoms with Crippen LogP contribution in [0.5, 0.6) is 11.5 Å². The fourth-order valence-electron chi connectivity index (χ4n) is 3.83. The molecule has 1 N–H and O–H groups in total. The summed E-state index contributed by atoms with van der Waals surface area (Å²) in [6.07, 6.45) is -1.18. The molecule has 8 heteroatoms. The van der Waals surface area contributed by atoms with Crippen LogP contribution in [0.25, 0.3) is 0 Å². The number of carbonyl (C=O) groups excluding carboxylic acids is 4. The highest BCUT2D eigenvalue weighted by Crippen LogP contribution is 2.32. The van der Waals surface area contributed by atoms with Gasteiger partial charge in [0.2, 0.25) is 0 Å². The van der Waals surface area contributed by atoms with Crippen LogP contribution in [-0.2, 0) is 9.53 Å². The van der Waals surface area contributed by atoms with E-state index in [9.17, 15) is 19.2 Å². The van der Waals surface area contributed by atoms with E-state index < -0.39 is 18.0 Å². The second-order valence-electron chi connectivity index (χ2n) is 7.77. The molecule has 8 nitrogen and oxygen atoms in total. The van der Waals surface area contributed by atoms with Crippen molar-refractivity contribution in [3.8, 4) is 11.5 Å². The van der Waals surface area contributed by atoms with Gasteiger partial charge in [0.05, 0.1) is 30.5 Å². The largest absolute Gasteiger partial charge is 0.493 e. The highest BCUT2D eigenvalue weighted by Gasteiger charge is 2.32. The topological polar surface area (TPSA) is 108 Å². The van der Waals surface area contributed by atoms with Crippen LogP contribution in [0.15, 0.2) is 60.7 Å². The summed E-state index contributed by atoms with van der Waals surface area (Å²) in [4.78, 5) is 51.5. The Morgan fingerprint density at radius 1 is 0.886 bits per heavy atom. The van der Waals surface area contributed by atoms with E-state index in [2.05, 4.69) is 5.32 Å². The van der Waals surface area contributed by atoms with Crippen molar-refractivity contribution >= 4 is 29.1 Å². The zero-order valence-electron chi connectivity index (χ0n) is 19.4. The van der Waals surface area contributed by atoms with Crippen molar-refractivity contribution in [2.24, 2.45) is 0 Å². The van der Waals surface area contributed by atoms with Crippen molar-refractivity contribution in [1.82, 2.24) is 0 Å². The SMILES string of the molecule is CCOc1ccc(C(=O)OC(C)C(=O)Nc2cccc3c2C(=O)c2ccccc2C3=O)cc1OC. The van der Waals surface area contributed by atoms with Gasteiger partial charge in [-0.25, -0.2) is 4.79 Å². The fourth-order valence-corrected chi connectivity index (χ4v) is 3.83. The van der Waals surface area contributed by atoms with Crippen LogP contribution >= 0.6 is 0 Å². The van der Waals surface area contributed by atoms with Crippen LogP contribution < -0.4 is 14.8 Å². The van der Waals surface area contributed by atoms with Gasteiger partial charge in [0.15, 0.2) is 29.2 Å². The van der Waals surface area contributed by atoms with Crippen molar-refractivity contribution in [3.63, 3.8) is 0 Å². The molecule has 0 bridgehead atoms. The van der Waals surface area contributed by atoms with E-state index in [1.807, 2.05) is 6.92 Å². The molecule has 35 heavy (non-hydrogen) atoms. The highest BCUT2D eigenvalue weighted by atomic mass is 16.5. The first kappa shape index (κ1) is 23.7. The third-order valence-corrected chi connectivity index (χ3v) is 5.56. The molecule has 1 aliphatic rings. The predicted octanol–water partition coefficient (Wildman–Crippen LogP) is 4.05. The van der Waals surface area contributed by atoms with Gasteiger partial charge in [0.25, 0.3) is 5.91 Å². The van der Waals surface area contributed by atoms with Crippen LogP contribution in [0.2, 0.25) is 0 Å². The molecule has 0 saturated carbocycles. The maximum absolute atomic E-state index is 13.1. The van der Waals surface area contributed by atoms with E-state index in [4.69, 9.17) is 14.2 Å². The first-order chi connectivity index (χ1) is 16.8. The number of amides is 1. The van der Waals surface area contributed by atoms with Gasteiger partial charge in [-0.1, -0.05) is 36.4 Å². The van der Waals surface area contributed by atoms with E-state index in [1.165, 1.54) is 32.2 Å². The molecule has 0 fully saturated rings. The molecule has 1 aliphatic carbocycles. The van der Waals surface area contributed by atoms with Gasteiger partial charge >= 0.3 is 5.97 Å². The lowest BCUT2D eigenvalue weighted by Crippen LogP contribution is -2.31. The Morgan fingerprint density at radius 2 is 1.57 bits per heavy atom. The Balaban J connectivity index is 1.52. The third-order valence-electron chi connectivity index (χ3n) is 5.56. The molecular weight excluding hydrogens is 450 g/mol. The maximum Gasteiger partial charge on any atom is 0.339 e. The normalized spacial score (nSPS) is 12.8. The van der Waals surface area contributed by atoms with Crippen molar-refractivity contribution < 1.29 is 33.4 Å². The molecule has 1 unspecified atom stereocenters. The Labute approximate surface area is 201 Å². The summed E-state index contributed by atoms with van der Waals surface area (Å²) in [6.45, 7) is 3.67. The van der Waals surface area contributed by atoms with E-state index in [0.717, 1.165) is 0 Å². The van der Waals surface area contributed by atoms with E-state index in [1.54, 1.807) is 42.5 Å². The van der Waals surface area contributed by atoms with Crippen LogP contribution in [-0.4, -0.2) is 43.3 Å². The minimum Gasteiger partial charge on any atom is -0.493 e. The number of benzene rings is 3. The molecule has 0 spiro atoms. The van der Waals surface area contributed by atoms with E-state index in [-0.39, 0.29) is 39.5 Å². The summed E-state index contributed by atoms with van der Waals surface area (Å²) in [5, 5.41) is 2.62. The number of carbonyl (C=O) groups is 4. The number of ketones is 2. The number of esters is 1. The zero-order valence-corrected chi connectivity index (χ0v) is 19.4. The van der Waals surface area contributed by atoms with Crippen molar-refractivity contribution in [2.45, 2.75) is 20.0 Å². The second kappa shape index (κ2) is 9.80. The summed E-state index contributed by atoms with van der Waals surface area (Å²) in [5.74, 6) is -1.20. The van der Waals surface area contributed by atoms with Crippen molar-refractivity contribution in [2.75, 3.05) is 19.0 Å². The molecule has 0 heterocycles. The molecule has 0 aromatic heterocycles. The Hall–Kier alpha value is -4.46. The number of hydrogen-bond acceptors (Lipinski definition) is 7. The van der Waals surface area contributed by atoms with E-state index >= 15 is 0 Å². The molecule has 3 aromatic carbocycles. The Kier molecular flexibility index (Phi) is 6.64. The number of fused-ring (bicyclic) bond motifs is 2. The number of anilines is 1. The summed E-state index contributed by atoms with van der Waals surface area (Å²) in [5.41, 5.74) is 1.26. The van der Waals surface area contributed by atoms with Crippen molar-refractivity contribution in [3.05, 3.63) is 88.5 Å². The maximum atomic E-state index is 13.1. The quantitative estimate of drug-likeness (QED) is 0.403. The minimum atomic E-state index is -1.18. The number of hydrogen-bond donors (Lipinski definition) is 1. The molecule has 0 saturated heterocycles. The first-order valence-electron chi connectivity index (χ1n) is 11.0. The predicted molar refractivity (Wildman–Crippen MR) is 127 cm³/mol. The monoisotopic (exact) mass is 473 g/mol. The Bertz CT molecular complexity index is 1350. The average Bonchev–Trinajstić information content (AvgIpc) is 2.87. The summed E-state index contributed by atoms with van der Waals surface area (Å²) >= 11 is 0. The molecule has 178 valence electrons. The summed E-state index contributed by atoms with van der Waals surface area (Å²) in [7, 11) is 1.45. The Morgan fingerprint density at radius 3 is 2.26 bits per heavy atom. The number of methoxy groups -OCH3 is 1. The minimum absolute atomic E-state index is 0.110. The first-order valence-corrected chi connectivity index (χ1v) is 11.0. The van der Waals surface area contributed by atoms with Crippen LogP contribution in [0.4, 0.5) is 5.69 Å². The number of rotatable bonds is 7. The van der Waals surface area contributed by atoms with Crippen LogP contribution in [0.3, 0.4) is 0 Å². The molecule has 1 amide bonds. The van der Waals surface area contributed by atoms with Gasteiger partial charge in [0, 0.05) is 16.7 Å². The highest BCUT2D eigenvalue weighted by molar-refractivity contribution is 6.30. The van der Waals surface area contributed by atoms with Gasteiger partial charge in [-0.05, 0) is 38.1 Å². The number of nitrogens with one attached hydrogen (secondary N) is 1. The van der Waals surface area contributed by atoms with Gasteiger partial charge in [-0.3, -0.25) is 14.4 Å². The smallest absolute Gasteiger partial charge is 0.339 e. The molecule has 1 atom stereocenters. The molecule has 0 radical (unpaired) electrons. The van der Waals surface area contributed by atoms with Gasteiger partial charge in [0.1, 0.15) is 0 Å². The van der Waals surface area contributed by atoms with Gasteiger partial charge < -0.3 is 19.5 Å². The molecule has 0 aliphatic heterocycles. The fraction of sp³-hybridized carbons (Fsp3) is 0.185. The van der Waals surface area contributed by atoms with Crippen LogP contribution in [0, 0.1) is 0 Å². The average molecular weight is 473 g/mol. The van der Waals surface area contributed by atoms with Gasteiger partial charge in [-0.2, -0.15) is 0 Å². The van der Waals surface area contributed by atoms with Crippen LogP contribution in [0.1, 0.15) is 56.0 Å². The van der Waals surface area contributed by atoms with Gasteiger partial charge in [-0.15, -0.1) is 0 Å². The van der Waals surface area contributed by atoms with Crippen molar-refractivity contribution in [1.29, 1.82) is 0 Å². The molecule has 4 rings (SSSR count). The summed E-state index contributed by atoms with van der Waals surface area (Å²) < 4.78 is 16.0. The molecule has 3 aromatic rings. The molecular formula is C27H23NO7. The second-order valence-corrected chi connectivity index (χ2v) is 7.77. The lowest BCUT2D eigenvalue weighted by molar-refractivity contribution is -0.123. The standard InChI is InChI=1S/C27H23NO7/c1-4-34-21-13-12-16(14-22(21)33-3)27(32)35-15(2)26(31)28-20-11-7-10-19-23(20)25(30)18-9-6-5-8-17(18)24(19)29/h5-15H,4H2,1-3H3,(H,28,31). The van der Waals surface area contributed by atoms with E-state index in [0.29, 0.717) is 23.7 Å². The number of ether oxygens (including phenoxy) is 3.